The van der Waals surface area contributed by atoms with E-state index in [0.29, 0.717) is 22.6 Å². The second-order valence-electron chi connectivity index (χ2n) is 5.78. The number of nitrogens with two attached hydrogens (primary N) is 1. The molecule has 2 unspecified atom stereocenters. The maximum Gasteiger partial charge on any atom is 0.407 e. The number of carbonyl (C=O) groups excluding carboxylic acids is 1. The van der Waals surface area contributed by atoms with Crippen molar-refractivity contribution in [2.75, 3.05) is 21.3 Å². The molecule has 30 heavy (non-hydrogen) atoms. The van der Waals surface area contributed by atoms with E-state index in [9.17, 15) is 14.4 Å². The Morgan fingerprint density at radius 1 is 0.867 bits per heavy atom. The Balaban J connectivity index is 0.000000311. The van der Waals surface area contributed by atoms with E-state index >= 15 is 0 Å². The molecule has 2 rings (SSSR count). The third-order valence-corrected chi connectivity index (χ3v) is 3.84. The molecule has 0 radical (unpaired) electrons. The van der Waals surface area contributed by atoms with Gasteiger partial charge in [-0.05, 0) is 35.4 Å². The van der Waals surface area contributed by atoms with Crippen molar-refractivity contribution in [1.29, 1.82) is 0 Å². The molecule has 2 aromatic carbocycles. The predicted octanol–water partition coefficient (Wildman–Crippen LogP) is 1.96. The number of carboxylic acids is 2. The lowest BCUT2D eigenvalue weighted by molar-refractivity contribution is -0.140. The monoisotopic (exact) mass is 420 g/mol. The summed E-state index contributed by atoms with van der Waals surface area (Å²) in [6.45, 7) is 0. The summed E-state index contributed by atoms with van der Waals surface area (Å²) in [5.41, 5.74) is 6.35. The molecule has 0 aliphatic rings. The topological polar surface area (TPSA) is 157 Å². The first kappa shape index (κ1) is 24.2. The van der Waals surface area contributed by atoms with Gasteiger partial charge in [0.1, 0.15) is 17.5 Å². The molecule has 0 heterocycles. The first-order valence-electron chi connectivity index (χ1n) is 8.57. The smallest absolute Gasteiger partial charge is 0.407 e. The third kappa shape index (κ3) is 7.32. The molecule has 5 N–H and O–H groups in total. The van der Waals surface area contributed by atoms with Gasteiger partial charge in [-0.25, -0.2) is 9.59 Å². The van der Waals surface area contributed by atoms with E-state index in [2.05, 4.69) is 10.1 Å². The fourth-order valence-electron chi connectivity index (χ4n) is 2.26. The Morgan fingerprint density at radius 3 is 1.80 bits per heavy atom. The predicted molar refractivity (Wildman–Crippen MR) is 106 cm³/mol. The number of methoxy groups -OCH3 is 3. The highest BCUT2D eigenvalue weighted by atomic mass is 16.5. The van der Waals surface area contributed by atoms with E-state index in [1.165, 1.54) is 27.4 Å². The fourth-order valence-corrected chi connectivity index (χ4v) is 2.26. The molecule has 0 spiro atoms. The van der Waals surface area contributed by atoms with E-state index < -0.39 is 30.1 Å². The number of carboxylic acid groups (broad SMARTS) is 2. The second-order valence-corrected chi connectivity index (χ2v) is 5.78. The summed E-state index contributed by atoms with van der Waals surface area (Å²) in [7, 11) is 4.16. The molecule has 0 fully saturated rings. The van der Waals surface area contributed by atoms with Crippen LogP contribution >= 0.6 is 0 Å². The number of hydrogen-bond donors (Lipinski definition) is 4. The van der Waals surface area contributed by atoms with Gasteiger partial charge in [0.15, 0.2) is 6.04 Å². The summed E-state index contributed by atoms with van der Waals surface area (Å²) in [4.78, 5) is 32.6. The third-order valence-electron chi connectivity index (χ3n) is 3.84. The average molecular weight is 420 g/mol. The minimum absolute atomic E-state index is 0.405. The van der Waals surface area contributed by atoms with Crippen LogP contribution in [0, 0.1) is 0 Å². The van der Waals surface area contributed by atoms with Crippen molar-refractivity contribution in [2.24, 2.45) is 5.73 Å². The largest absolute Gasteiger partial charge is 0.497 e. The van der Waals surface area contributed by atoms with E-state index in [0.717, 1.165) is 0 Å². The van der Waals surface area contributed by atoms with E-state index in [1.54, 1.807) is 42.5 Å². The van der Waals surface area contributed by atoms with Gasteiger partial charge in [0, 0.05) is 0 Å². The van der Waals surface area contributed by atoms with Crippen LogP contribution in [0.1, 0.15) is 23.2 Å². The highest BCUT2D eigenvalue weighted by Gasteiger charge is 2.22. The van der Waals surface area contributed by atoms with Gasteiger partial charge in [0.25, 0.3) is 0 Å². The van der Waals surface area contributed by atoms with Crippen LogP contribution in [0.3, 0.4) is 0 Å². The summed E-state index contributed by atoms with van der Waals surface area (Å²) in [6, 6.07) is 11.0. The second kappa shape index (κ2) is 11.9. The first-order chi connectivity index (χ1) is 14.2. The number of alkyl carbamates (subject to hydrolysis) is 1. The van der Waals surface area contributed by atoms with Gasteiger partial charge in [-0.15, -0.1) is 0 Å². The van der Waals surface area contributed by atoms with Gasteiger partial charge in [-0.3, -0.25) is 4.79 Å². The van der Waals surface area contributed by atoms with Crippen LogP contribution in [0.5, 0.6) is 11.5 Å². The maximum absolute atomic E-state index is 11.0. The van der Waals surface area contributed by atoms with Gasteiger partial charge >= 0.3 is 18.0 Å². The molecule has 10 nitrogen and oxygen atoms in total. The minimum atomic E-state index is -1.18. The Labute approximate surface area is 173 Å². The van der Waals surface area contributed by atoms with Crippen LogP contribution in [0.4, 0.5) is 4.79 Å². The Hall–Kier alpha value is -3.79. The van der Waals surface area contributed by atoms with Crippen molar-refractivity contribution in [3.05, 3.63) is 59.7 Å². The molecule has 2 aromatic rings. The van der Waals surface area contributed by atoms with Crippen LogP contribution in [0.2, 0.25) is 0 Å². The number of hydrogen-bond acceptors (Lipinski definition) is 7. The molecule has 10 heteroatoms. The van der Waals surface area contributed by atoms with Crippen LogP contribution in [0.15, 0.2) is 48.5 Å². The average Bonchev–Trinajstić information content (AvgIpc) is 2.76. The van der Waals surface area contributed by atoms with E-state index in [-0.39, 0.29) is 0 Å². The van der Waals surface area contributed by atoms with Crippen molar-refractivity contribution in [3.63, 3.8) is 0 Å². The van der Waals surface area contributed by atoms with Crippen LogP contribution in [-0.4, -0.2) is 49.6 Å². The van der Waals surface area contributed by atoms with Gasteiger partial charge in [0.2, 0.25) is 0 Å². The van der Waals surface area contributed by atoms with Crippen molar-refractivity contribution in [2.45, 2.75) is 12.1 Å². The van der Waals surface area contributed by atoms with Crippen molar-refractivity contribution in [3.8, 4) is 11.5 Å². The molecule has 0 saturated carbocycles. The summed E-state index contributed by atoms with van der Waals surface area (Å²) in [5, 5.41) is 19.9. The summed E-state index contributed by atoms with van der Waals surface area (Å²) >= 11 is 0. The maximum atomic E-state index is 11.0. The number of rotatable bonds is 7. The molecule has 0 aromatic heterocycles. The molecule has 0 aliphatic heterocycles. The number of nitrogens with one attached hydrogen (secondary N) is 1. The number of benzene rings is 2. The quantitative estimate of drug-likeness (QED) is 0.525. The SMILES string of the molecule is COC(=O)NC(C(=O)O)c1cccc(OC)c1.COc1cccc(C(N)C(=O)O)c1. The van der Waals surface area contributed by atoms with Crippen molar-refractivity contribution >= 4 is 18.0 Å². The van der Waals surface area contributed by atoms with Crippen LogP contribution in [0.25, 0.3) is 0 Å². The van der Waals surface area contributed by atoms with Gasteiger partial charge in [-0.1, -0.05) is 24.3 Å². The molecule has 2 atom stereocenters. The zero-order valence-corrected chi connectivity index (χ0v) is 16.7. The molecular weight excluding hydrogens is 396 g/mol. The van der Waals surface area contributed by atoms with E-state index in [4.69, 9.17) is 25.4 Å². The molecule has 0 saturated heterocycles. The normalized spacial score (nSPS) is 11.7. The highest BCUT2D eigenvalue weighted by molar-refractivity contribution is 5.81. The standard InChI is InChI=1S/C11H13NO5.C9H11NO3/c1-16-8-5-3-4-7(6-8)9(10(13)14)12-11(15)17-2;1-13-7-4-2-3-6(5-7)8(10)9(11)12/h3-6,9H,1-2H3,(H,12,15)(H,13,14);2-5,8H,10H2,1H3,(H,11,12). The van der Waals surface area contributed by atoms with Crippen LogP contribution in [-0.2, 0) is 14.3 Å². The Bertz CT molecular complexity index is 871. The lowest BCUT2D eigenvalue weighted by Gasteiger charge is -2.14. The Morgan fingerprint density at radius 2 is 1.37 bits per heavy atom. The molecule has 0 bridgehead atoms. The Kier molecular flexibility index (Phi) is 9.63. The highest BCUT2D eigenvalue weighted by Crippen LogP contribution is 2.19. The molecule has 162 valence electrons. The lowest BCUT2D eigenvalue weighted by atomic mass is 10.1. The molecule has 1 amide bonds. The summed E-state index contributed by atoms with van der Waals surface area (Å²) < 4.78 is 14.3. The number of carbonyl (C=O) groups is 3. The van der Waals surface area contributed by atoms with Gasteiger partial charge in [-0.2, -0.15) is 0 Å². The van der Waals surface area contributed by atoms with Gasteiger partial charge < -0.3 is 35.5 Å². The number of aliphatic carboxylic acids is 2. The number of amides is 1. The van der Waals surface area contributed by atoms with Crippen molar-refractivity contribution in [1.82, 2.24) is 5.32 Å². The van der Waals surface area contributed by atoms with Gasteiger partial charge in [0.05, 0.1) is 21.3 Å². The summed E-state index contributed by atoms with van der Waals surface area (Å²) in [6.07, 6.45) is -0.805. The first-order valence-corrected chi connectivity index (χ1v) is 8.57. The van der Waals surface area contributed by atoms with E-state index in [1.807, 2.05) is 0 Å². The van der Waals surface area contributed by atoms with Crippen LogP contribution < -0.4 is 20.5 Å². The number of ether oxygens (including phenoxy) is 3. The molecular formula is C20H24N2O8. The minimum Gasteiger partial charge on any atom is -0.497 e. The molecule has 0 aliphatic carbocycles. The van der Waals surface area contributed by atoms with Crippen molar-refractivity contribution < 1.29 is 38.8 Å². The fraction of sp³-hybridized carbons (Fsp3) is 0.250. The lowest BCUT2D eigenvalue weighted by Crippen LogP contribution is -2.33. The zero-order chi connectivity index (χ0) is 22.7. The zero-order valence-electron chi connectivity index (χ0n) is 16.7. The summed E-state index contributed by atoms with van der Waals surface area (Å²) in [5.74, 6) is -1.11.